The van der Waals surface area contributed by atoms with Gasteiger partial charge in [0, 0.05) is 25.2 Å². The normalized spacial score (nSPS) is 12.4. The smallest absolute Gasteiger partial charge is 0.421 e. The summed E-state index contributed by atoms with van der Waals surface area (Å²) in [6.45, 7) is -0.104. The van der Waals surface area contributed by atoms with E-state index in [0.717, 1.165) is 6.07 Å². The van der Waals surface area contributed by atoms with E-state index >= 15 is 0 Å². The number of alkyl halides is 3. The lowest BCUT2D eigenvalue weighted by atomic mass is 9.94. The van der Waals surface area contributed by atoms with E-state index in [-0.39, 0.29) is 35.9 Å². The number of carboxylic acid groups (broad SMARTS) is 1. The van der Waals surface area contributed by atoms with Gasteiger partial charge < -0.3 is 26.2 Å². The lowest BCUT2D eigenvalue weighted by Gasteiger charge is -2.18. The maximum atomic E-state index is 14.6. The van der Waals surface area contributed by atoms with Crippen molar-refractivity contribution in [2.75, 3.05) is 31.3 Å². The Balaban J connectivity index is 2.41. The predicted octanol–water partition coefficient (Wildman–Crippen LogP) is 2.95. The lowest BCUT2D eigenvalue weighted by molar-refractivity contribution is -0.138. The third-order valence-corrected chi connectivity index (χ3v) is 4.04. The average molecular weight is 417 g/mol. The molecule has 1 aromatic carbocycles. The summed E-state index contributed by atoms with van der Waals surface area (Å²) in [6.07, 6.45) is -4.43. The fraction of sp³-hybridized carbons (Fsp3) is 0.353. The maximum Gasteiger partial charge on any atom is 0.421 e. The zero-order chi connectivity index (χ0) is 21.8. The van der Waals surface area contributed by atoms with Gasteiger partial charge in [-0.2, -0.15) is 18.2 Å². The van der Waals surface area contributed by atoms with Gasteiger partial charge in [-0.1, -0.05) is 0 Å². The summed E-state index contributed by atoms with van der Waals surface area (Å²) in [5, 5.41) is 13.9. The largest absolute Gasteiger partial charge is 0.495 e. The second-order valence-electron chi connectivity index (χ2n) is 5.93. The highest BCUT2D eigenvalue weighted by Crippen LogP contribution is 2.36. The molecule has 5 N–H and O–H groups in total. The van der Waals surface area contributed by atoms with Gasteiger partial charge in [0.25, 0.3) is 0 Å². The molecule has 2 aromatic rings. The number of nitrogens with two attached hydrogens (primary N) is 1. The van der Waals surface area contributed by atoms with Crippen LogP contribution in [0.3, 0.4) is 0 Å². The first-order valence-corrected chi connectivity index (χ1v) is 8.29. The zero-order valence-corrected chi connectivity index (χ0v) is 15.5. The highest BCUT2D eigenvalue weighted by molar-refractivity contribution is 5.69. The van der Waals surface area contributed by atoms with Crippen molar-refractivity contribution >= 4 is 23.4 Å². The van der Waals surface area contributed by atoms with Gasteiger partial charge in [-0.3, -0.25) is 4.79 Å². The standard InChI is InChI=1S/C17H19F4N5O3/c1-23-15-10(17(19,20)21)7-24-16(26-15)25-12-5-11(18)9(4-13(12)29-2)8(6-22)3-14(27)28/h4-5,7-8H,3,6,22H2,1-2H3,(H,27,28)(H2,23,24,25,26). The summed E-state index contributed by atoms with van der Waals surface area (Å²) in [4.78, 5) is 18.3. The van der Waals surface area contributed by atoms with Gasteiger partial charge in [-0.25, -0.2) is 9.37 Å². The van der Waals surface area contributed by atoms with Crippen molar-refractivity contribution in [1.82, 2.24) is 9.97 Å². The Labute approximate surface area is 163 Å². The molecular formula is C17H19F4N5O3. The molecule has 0 amide bonds. The number of aliphatic carboxylic acids is 1. The minimum Gasteiger partial charge on any atom is -0.495 e. The highest BCUT2D eigenvalue weighted by Gasteiger charge is 2.35. The molecule has 0 spiro atoms. The third-order valence-electron chi connectivity index (χ3n) is 4.04. The summed E-state index contributed by atoms with van der Waals surface area (Å²) in [5.74, 6) is -3.26. The molecule has 0 aliphatic rings. The summed E-state index contributed by atoms with van der Waals surface area (Å²) < 4.78 is 58.6. The molecule has 1 unspecified atom stereocenters. The fourth-order valence-corrected chi connectivity index (χ4v) is 2.64. The molecule has 0 bridgehead atoms. The van der Waals surface area contributed by atoms with E-state index in [1.807, 2.05) is 0 Å². The molecule has 1 atom stereocenters. The molecule has 2 rings (SSSR count). The number of methoxy groups -OCH3 is 1. The summed E-state index contributed by atoms with van der Waals surface area (Å²) >= 11 is 0. The molecule has 29 heavy (non-hydrogen) atoms. The Hall–Kier alpha value is -3.15. The van der Waals surface area contributed by atoms with Gasteiger partial charge in [0.15, 0.2) is 0 Å². The van der Waals surface area contributed by atoms with Crippen LogP contribution < -0.4 is 21.1 Å². The van der Waals surface area contributed by atoms with Crippen LogP contribution >= 0.6 is 0 Å². The van der Waals surface area contributed by atoms with Crippen molar-refractivity contribution in [2.45, 2.75) is 18.5 Å². The number of aromatic nitrogens is 2. The Morgan fingerprint density at radius 3 is 2.59 bits per heavy atom. The molecule has 0 saturated carbocycles. The van der Waals surface area contributed by atoms with E-state index in [4.69, 9.17) is 15.6 Å². The fourth-order valence-electron chi connectivity index (χ4n) is 2.64. The van der Waals surface area contributed by atoms with Gasteiger partial charge in [0.1, 0.15) is 22.9 Å². The van der Waals surface area contributed by atoms with Crippen molar-refractivity contribution in [1.29, 1.82) is 0 Å². The molecule has 0 aliphatic heterocycles. The summed E-state index contributed by atoms with van der Waals surface area (Å²) in [6, 6.07) is 2.29. The SMILES string of the molecule is CNc1nc(Nc2cc(F)c(C(CN)CC(=O)O)cc2OC)ncc1C(F)(F)F. The monoisotopic (exact) mass is 417 g/mol. The first-order chi connectivity index (χ1) is 13.6. The molecule has 158 valence electrons. The van der Waals surface area contributed by atoms with Crippen LogP contribution in [0.4, 0.5) is 35.0 Å². The van der Waals surface area contributed by atoms with Crippen LogP contribution in [-0.4, -0.2) is 41.7 Å². The van der Waals surface area contributed by atoms with Gasteiger partial charge in [-0.15, -0.1) is 0 Å². The van der Waals surface area contributed by atoms with E-state index in [2.05, 4.69) is 20.6 Å². The number of rotatable bonds is 8. The highest BCUT2D eigenvalue weighted by atomic mass is 19.4. The van der Waals surface area contributed by atoms with Crippen molar-refractivity contribution in [3.63, 3.8) is 0 Å². The van der Waals surface area contributed by atoms with Crippen LogP contribution in [0.1, 0.15) is 23.5 Å². The van der Waals surface area contributed by atoms with Crippen LogP contribution in [0, 0.1) is 5.82 Å². The second kappa shape index (κ2) is 8.90. The van der Waals surface area contributed by atoms with Gasteiger partial charge >= 0.3 is 12.1 Å². The van der Waals surface area contributed by atoms with Crippen molar-refractivity contribution in [2.24, 2.45) is 5.73 Å². The number of nitrogens with one attached hydrogen (secondary N) is 2. The zero-order valence-electron chi connectivity index (χ0n) is 15.5. The predicted molar refractivity (Wildman–Crippen MR) is 96.9 cm³/mol. The molecule has 0 saturated heterocycles. The number of carboxylic acids is 1. The van der Waals surface area contributed by atoms with Crippen molar-refractivity contribution in [3.05, 3.63) is 35.3 Å². The molecule has 1 heterocycles. The van der Waals surface area contributed by atoms with E-state index in [1.54, 1.807) is 0 Å². The number of benzene rings is 1. The summed E-state index contributed by atoms with van der Waals surface area (Å²) in [5.41, 5.74) is 4.58. The number of nitrogens with zero attached hydrogens (tertiary/aromatic N) is 2. The molecular weight excluding hydrogens is 398 g/mol. The maximum absolute atomic E-state index is 14.6. The molecule has 1 aromatic heterocycles. The molecule has 0 fully saturated rings. The Kier molecular flexibility index (Phi) is 6.80. The van der Waals surface area contributed by atoms with E-state index in [1.165, 1.54) is 20.2 Å². The topological polar surface area (TPSA) is 122 Å². The number of hydrogen-bond donors (Lipinski definition) is 4. The van der Waals surface area contributed by atoms with Crippen molar-refractivity contribution < 1.29 is 32.2 Å². The van der Waals surface area contributed by atoms with E-state index in [0.29, 0.717) is 6.20 Å². The van der Waals surface area contributed by atoms with Crippen LogP contribution in [0.25, 0.3) is 0 Å². The van der Waals surface area contributed by atoms with Gasteiger partial charge in [-0.05, 0) is 18.2 Å². The molecule has 0 aliphatic carbocycles. The van der Waals surface area contributed by atoms with Crippen molar-refractivity contribution in [3.8, 4) is 5.75 Å². The average Bonchev–Trinajstić information content (AvgIpc) is 2.65. The molecule has 0 radical (unpaired) electrons. The van der Waals surface area contributed by atoms with E-state index < -0.39 is 35.3 Å². The van der Waals surface area contributed by atoms with E-state index in [9.17, 15) is 22.4 Å². The minimum atomic E-state index is -4.65. The minimum absolute atomic E-state index is 0.0431. The second-order valence-corrected chi connectivity index (χ2v) is 5.93. The first-order valence-electron chi connectivity index (χ1n) is 8.29. The number of anilines is 3. The lowest BCUT2D eigenvalue weighted by Crippen LogP contribution is -2.18. The van der Waals surface area contributed by atoms with Crippen LogP contribution in [0.2, 0.25) is 0 Å². The summed E-state index contributed by atoms with van der Waals surface area (Å²) in [7, 11) is 2.56. The number of ether oxygens (including phenoxy) is 1. The molecule has 12 heteroatoms. The Morgan fingerprint density at radius 1 is 1.38 bits per heavy atom. The van der Waals surface area contributed by atoms with Crippen LogP contribution in [-0.2, 0) is 11.0 Å². The van der Waals surface area contributed by atoms with Crippen LogP contribution in [0.15, 0.2) is 18.3 Å². The Morgan fingerprint density at radius 2 is 2.07 bits per heavy atom. The van der Waals surface area contributed by atoms with Gasteiger partial charge in [0.05, 0.1) is 19.2 Å². The van der Waals surface area contributed by atoms with Gasteiger partial charge in [0.2, 0.25) is 5.95 Å². The first kappa shape index (κ1) is 22.1. The quantitative estimate of drug-likeness (QED) is 0.484. The third kappa shape index (κ3) is 5.22. The number of carbonyl (C=O) groups is 1. The Bertz CT molecular complexity index is 892. The van der Waals surface area contributed by atoms with Crippen LogP contribution in [0.5, 0.6) is 5.75 Å². The number of hydrogen-bond acceptors (Lipinski definition) is 7. The number of halogens is 4. The molecule has 8 nitrogen and oxygen atoms in total.